The highest BCUT2D eigenvalue weighted by Crippen LogP contribution is 2.32. The molecule has 0 atom stereocenters. The number of hydrogen-bond acceptors (Lipinski definition) is 2. The second kappa shape index (κ2) is 13.1. The molecule has 4 heteroatoms. The van der Waals surface area contributed by atoms with Crippen molar-refractivity contribution in [3.63, 3.8) is 0 Å². The maximum atomic E-state index is 10.8. The number of carbonyl (C=O) groups is 1. The summed E-state index contributed by atoms with van der Waals surface area (Å²) in [4.78, 5) is 10.8. The molecule has 0 spiro atoms. The Kier molecular flexibility index (Phi) is 11.6. The van der Waals surface area contributed by atoms with E-state index in [1.807, 2.05) is 0 Å². The van der Waals surface area contributed by atoms with Gasteiger partial charge in [0.25, 0.3) is 0 Å². The number of rotatable bonds is 15. The van der Waals surface area contributed by atoms with E-state index in [1.165, 1.54) is 17.7 Å². The fourth-order valence-electron chi connectivity index (χ4n) is 4.05. The first-order valence-corrected chi connectivity index (χ1v) is 13.3. The molecule has 0 heterocycles. The van der Waals surface area contributed by atoms with Gasteiger partial charge >= 0.3 is 5.97 Å². The van der Waals surface area contributed by atoms with Gasteiger partial charge in [-0.05, 0) is 61.2 Å². The highest BCUT2D eigenvalue weighted by molar-refractivity contribution is 6.73. The van der Waals surface area contributed by atoms with Crippen LogP contribution in [-0.4, -0.2) is 26.0 Å². The van der Waals surface area contributed by atoms with Crippen LogP contribution in [0.25, 0.3) is 0 Å². The van der Waals surface area contributed by atoms with Crippen LogP contribution in [0.15, 0.2) is 30.3 Å². The van der Waals surface area contributed by atoms with Crippen LogP contribution in [0.1, 0.15) is 65.4 Å². The van der Waals surface area contributed by atoms with E-state index < -0.39 is 14.3 Å². The molecule has 0 saturated heterocycles. The quantitative estimate of drug-likeness (QED) is 0.272. The van der Waals surface area contributed by atoms with Crippen molar-refractivity contribution in [2.24, 2.45) is 11.8 Å². The molecule has 0 aliphatic heterocycles. The van der Waals surface area contributed by atoms with Gasteiger partial charge in [0.05, 0.1) is 0 Å². The lowest BCUT2D eigenvalue weighted by Gasteiger charge is -2.35. The molecule has 0 amide bonds. The summed E-state index contributed by atoms with van der Waals surface area (Å²) in [5.74, 6) is 0.593. The zero-order valence-corrected chi connectivity index (χ0v) is 18.9. The maximum absolute atomic E-state index is 10.8. The van der Waals surface area contributed by atoms with Crippen molar-refractivity contribution in [3.8, 4) is 0 Å². The van der Waals surface area contributed by atoms with E-state index in [2.05, 4.69) is 58.0 Å². The summed E-state index contributed by atoms with van der Waals surface area (Å²) in [6.45, 7) is 10.0. The van der Waals surface area contributed by atoms with Crippen LogP contribution < -0.4 is 0 Å². The largest absolute Gasteiger partial charge is 0.481 e. The van der Waals surface area contributed by atoms with Crippen molar-refractivity contribution >= 4 is 14.3 Å². The first kappa shape index (κ1) is 23.9. The van der Waals surface area contributed by atoms with E-state index in [0.717, 1.165) is 44.8 Å². The summed E-state index contributed by atoms with van der Waals surface area (Å²) in [6, 6.07) is 14.1. The van der Waals surface area contributed by atoms with Crippen LogP contribution >= 0.6 is 0 Å². The Hall–Kier alpha value is -1.13. The number of unbranched alkanes of at least 4 members (excludes halogenated alkanes) is 2. The fourth-order valence-corrected chi connectivity index (χ4v) is 9.46. The lowest BCUT2D eigenvalue weighted by Crippen LogP contribution is -2.41. The Bertz CT molecular complexity index is 504. The molecule has 0 aliphatic carbocycles. The topological polar surface area (TPSA) is 46.5 Å². The Morgan fingerprint density at radius 2 is 1.59 bits per heavy atom. The van der Waals surface area contributed by atoms with Crippen molar-refractivity contribution in [3.05, 3.63) is 35.9 Å². The van der Waals surface area contributed by atoms with E-state index in [9.17, 15) is 4.79 Å². The number of benzene rings is 1. The van der Waals surface area contributed by atoms with Gasteiger partial charge in [0.15, 0.2) is 8.32 Å². The normalized spacial score (nSPS) is 12.1. The van der Waals surface area contributed by atoms with Gasteiger partial charge in [-0.3, -0.25) is 4.79 Å². The second-order valence-electron chi connectivity index (χ2n) is 8.77. The van der Waals surface area contributed by atoms with Crippen LogP contribution in [0.3, 0.4) is 0 Å². The molecule has 0 radical (unpaired) electrons. The summed E-state index contributed by atoms with van der Waals surface area (Å²) < 4.78 is 6.69. The molecule has 0 fully saturated rings. The molecular weight excluding hydrogens is 352 g/mol. The number of hydrogen-bond donors (Lipinski definition) is 1. The van der Waals surface area contributed by atoms with Gasteiger partial charge in [-0.2, -0.15) is 0 Å². The Balaban J connectivity index is 2.54. The molecule has 27 heavy (non-hydrogen) atoms. The summed E-state index contributed by atoms with van der Waals surface area (Å²) in [7, 11) is -1.82. The molecule has 1 rings (SSSR count). The summed E-state index contributed by atoms with van der Waals surface area (Å²) in [5.41, 5.74) is 1.40. The van der Waals surface area contributed by atoms with E-state index in [0.29, 0.717) is 11.8 Å². The molecule has 0 aromatic heterocycles. The first-order valence-electron chi connectivity index (χ1n) is 10.7. The van der Waals surface area contributed by atoms with Crippen molar-refractivity contribution in [2.45, 2.75) is 84.4 Å². The van der Waals surface area contributed by atoms with Gasteiger partial charge in [-0.15, -0.1) is 0 Å². The number of carboxylic acid groups (broad SMARTS) is 1. The van der Waals surface area contributed by atoms with Gasteiger partial charge in [0.1, 0.15) is 0 Å². The third-order valence-corrected chi connectivity index (χ3v) is 10.1. The zero-order valence-electron chi connectivity index (χ0n) is 17.9. The van der Waals surface area contributed by atoms with Gasteiger partial charge in [-0.25, -0.2) is 0 Å². The molecule has 3 nitrogen and oxygen atoms in total. The lowest BCUT2D eigenvalue weighted by atomic mass is 10.1. The summed E-state index contributed by atoms with van der Waals surface area (Å²) >= 11 is 0. The van der Waals surface area contributed by atoms with Crippen LogP contribution in [0.4, 0.5) is 0 Å². The van der Waals surface area contributed by atoms with Crippen molar-refractivity contribution in [1.82, 2.24) is 0 Å². The highest BCUT2D eigenvalue weighted by Gasteiger charge is 2.35. The van der Waals surface area contributed by atoms with Crippen molar-refractivity contribution < 1.29 is 14.3 Å². The van der Waals surface area contributed by atoms with E-state index >= 15 is 0 Å². The van der Waals surface area contributed by atoms with Crippen LogP contribution in [0, 0.1) is 11.8 Å². The number of aryl methyl sites for hydroxylation is 1. The predicted molar refractivity (Wildman–Crippen MR) is 117 cm³/mol. The molecule has 0 saturated carbocycles. The Morgan fingerprint density at radius 3 is 2.15 bits per heavy atom. The molecule has 154 valence electrons. The standard InChI is InChI=1S/C23H40O3Si/c1-20(2)18-27(19-21(3)4,17-11-9-15-23(24)25)26-16-10-8-14-22-12-6-5-7-13-22/h5-7,12-13,20-21H,8-11,14-19H2,1-4H3,(H,24,25). The second-order valence-corrected chi connectivity index (χ2v) is 12.7. The van der Waals surface area contributed by atoms with Crippen molar-refractivity contribution in [2.75, 3.05) is 6.61 Å². The minimum Gasteiger partial charge on any atom is -0.481 e. The molecule has 1 aromatic rings. The molecule has 0 bridgehead atoms. The number of aliphatic carboxylic acids is 1. The maximum Gasteiger partial charge on any atom is 0.303 e. The van der Waals surface area contributed by atoms with Crippen LogP contribution in [-0.2, 0) is 15.6 Å². The number of carboxylic acids is 1. The van der Waals surface area contributed by atoms with Gasteiger partial charge < -0.3 is 9.53 Å². The third-order valence-electron chi connectivity index (χ3n) is 4.94. The van der Waals surface area contributed by atoms with Gasteiger partial charge in [0.2, 0.25) is 0 Å². The van der Waals surface area contributed by atoms with E-state index in [-0.39, 0.29) is 6.42 Å². The molecule has 0 unspecified atom stereocenters. The smallest absolute Gasteiger partial charge is 0.303 e. The SMILES string of the molecule is CC(C)C[Si](CCCCC(=O)O)(CC(C)C)OCCCCc1ccccc1. The highest BCUT2D eigenvalue weighted by atomic mass is 28.4. The van der Waals surface area contributed by atoms with Crippen molar-refractivity contribution in [1.29, 1.82) is 0 Å². The summed E-state index contributed by atoms with van der Waals surface area (Å²) in [6.07, 6.45) is 5.43. The molecule has 1 aromatic carbocycles. The van der Waals surface area contributed by atoms with Crippen LogP contribution in [0.2, 0.25) is 18.1 Å². The molecular formula is C23H40O3Si. The average molecular weight is 393 g/mol. The minimum absolute atomic E-state index is 0.283. The van der Waals surface area contributed by atoms with E-state index in [1.54, 1.807) is 0 Å². The fraction of sp³-hybridized carbons (Fsp3) is 0.696. The lowest BCUT2D eigenvalue weighted by molar-refractivity contribution is -0.137. The molecule has 0 aliphatic rings. The Morgan fingerprint density at radius 1 is 0.963 bits per heavy atom. The van der Waals surface area contributed by atoms with Gasteiger partial charge in [-0.1, -0.05) is 64.4 Å². The average Bonchev–Trinajstić information content (AvgIpc) is 2.58. The predicted octanol–water partition coefficient (Wildman–Crippen LogP) is 6.54. The molecule has 1 N–H and O–H groups in total. The first-order chi connectivity index (χ1) is 12.8. The Labute approximate surface area is 167 Å². The summed E-state index contributed by atoms with van der Waals surface area (Å²) in [5, 5.41) is 8.91. The van der Waals surface area contributed by atoms with Crippen LogP contribution in [0.5, 0.6) is 0 Å². The third kappa shape index (κ3) is 11.3. The van der Waals surface area contributed by atoms with Gasteiger partial charge in [0, 0.05) is 13.0 Å². The minimum atomic E-state index is -1.82. The zero-order chi connectivity index (χ0) is 20.1. The van der Waals surface area contributed by atoms with E-state index in [4.69, 9.17) is 9.53 Å². The monoisotopic (exact) mass is 392 g/mol.